The smallest absolute Gasteiger partial charge is 0.175 e. The summed E-state index contributed by atoms with van der Waals surface area (Å²) in [5.41, 5.74) is 0.585. The first-order valence-electron chi connectivity index (χ1n) is 4.73. The molecule has 0 amide bonds. The number of aliphatic hydroxyl groups excluding tert-OH is 1. The lowest BCUT2D eigenvalue weighted by Gasteiger charge is -2.29. The lowest BCUT2D eigenvalue weighted by molar-refractivity contribution is -0.107. The second-order valence-corrected chi connectivity index (χ2v) is 3.23. The van der Waals surface area contributed by atoms with Crippen LogP contribution in [0.1, 0.15) is 0 Å². The van der Waals surface area contributed by atoms with E-state index in [4.69, 9.17) is 4.74 Å². The first kappa shape index (κ1) is 10.6. The van der Waals surface area contributed by atoms with Gasteiger partial charge in [-0.15, -0.1) is 0 Å². The van der Waals surface area contributed by atoms with Crippen LogP contribution in [0.25, 0.3) is 0 Å². The molecule has 0 saturated heterocycles. The predicted molar refractivity (Wildman–Crippen MR) is 58.4 cm³/mol. The van der Waals surface area contributed by atoms with Crippen LogP contribution in [-0.2, 0) is 4.79 Å². The van der Waals surface area contributed by atoms with Gasteiger partial charge in [0.2, 0.25) is 0 Å². The van der Waals surface area contributed by atoms with Crippen molar-refractivity contribution in [3.8, 4) is 5.75 Å². The molecule has 1 N–H and O–H groups in total. The summed E-state index contributed by atoms with van der Waals surface area (Å²) in [6.45, 7) is 0.0784. The zero-order valence-electron chi connectivity index (χ0n) is 8.70. The molecule has 1 aromatic rings. The van der Waals surface area contributed by atoms with E-state index in [1.807, 2.05) is 0 Å². The molecule has 1 aromatic heterocycles. The first-order valence-corrected chi connectivity index (χ1v) is 4.73. The van der Waals surface area contributed by atoms with Crippen molar-refractivity contribution in [3.05, 3.63) is 12.3 Å². The van der Waals surface area contributed by atoms with Gasteiger partial charge in [-0.2, -0.15) is 0 Å². The van der Waals surface area contributed by atoms with Crippen LogP contribution in [0.15, 0.2) is 17.3 Å². The molecule has 1 aliphatic heterocycles. The lowest BCUT2D eigenvalue weighted by Crippen LogP contribution is -2.39. The molecule has 6 heteroatoms. The highest BCUT2D eigenvalue weighted by Gasteiger charge is 2.22. The Hall–Kier alpha value is -1.95. The largest absolute Gasteiger partial charge is 0.495 e. The molecule has 16 heavy (non-hydrogen) atoms. The molecule has 1 unspecified atom stereocenters. The number of fused-ring (bicyclic) bond motifs is 1. The second-order valence-electron chi connectivity index (χ2n) is 3.23. The molecule has 1 aliphatic rings. The maximum Gasteiger partial charge on any atom is 0.175 e. The minimum absolute atomic E-state index is 0.0784. The van der Waals surface area contributed by atoms with Crippen LogP contribution in [0.3, 0.4) is 0 Å². The fourth-order valence-corrected chi connectivity index (χ4v) is 1.50. The van der Waals surface area contributed by atoms with Crippen LogP contribution in [0.4, 0.5) is 11.5 Å². The van der Waals surface area contributed by atoms with E-state index in [0.717, 1.165) is 0 Å². The number of nitrogens with zero attached hydrogens (tertiary/aromatic N) is 3. The number of methoxy groups -OCH3 is 1. The Balaban J connectivity index is 2.44. The molecule has 6 nitrogen and oxygen atoms in total. The topological polar surface area (TPSA) is 75.0 Å². The van der Waals surface area contributed by atoms with Gasteiger partial charge in [-0.05, 0) is 0 Å². The summed E-state index contributed by atoms with van der Waals surface area (Å²) < 4.78 is 5.03. The van der Waals surface area contributed by atoms with Gasteiger partial charge in [-0.25, -0.2) is 9.98 Å². The number of aliphatic imine (C=N–C) groups is 1. The molecular weight excluding hydrogens is 210 g/mol. The molecule has 0 aromatic carbocycles. The molecule has 0 radical (unpaired) electrons. The van der Waals surface area contributed by atoms with Gasteiger partial charge in [0.25, 0.3) is 0 Å². The van der Waals surface area contributed by atoms with Gasteiger partial charge in [0.05, 0.1) is 31.8 Å². The van der Waals surface area contributed by atoms with Gasteiger partial charge in [-0.3, -0.25) is 0 Å². The Bertz CT molecular complexity index is 433. The SMILES string of the molecule is COc1cnc2c(c1)N(CC=O)C(O)C=N2. The number of aromatic nitrogens is 1. The van der Waals surface area contributed by atoms with Crippen molar-refractivity contribution in [1.29, 1.82) is 0 Å². The Morgan fingerprint density at radius 3 is 3.19 bits per heavy atom. The van der Waals surface area contributed by atoms with E-state index in [2.05, 4.69) is 9.98 Å². The third-order valence-corrected chi connectivity index (χ3v) is 2.29. The van der Waals surface area contributed by atoms with Crippen molar-refractivity contribution in [2.45, 2.75) is 6.23 Å². The second kappa shape index (κ2) is 4.28. The van der Waals surface area contributed by atoms with Gasteiger partial charge >= 0.3 is 0 Å². The number of aldehydes is 1. The molecular formula is C10H11N3O3. The fraction of sp³-hybridized carbons (Fsp3) is 0.300. The Morgan fingerprint density at radius 2 is 2.50 bits per heavy atom. The van der Waals surface area contributed by atoms with Crippen molar-refractivity contribution in [2.75, 3.05) is 18.6 Å². The lowest BCUT2D eigenvalue weighted by atomic mass is 10.2. The maximum atomic E-state index is 10.5. The van der Waals surface area contributed by atoms with Crippen molar-refractivity contribution < 1.29 is 14.6 Å². The Kier molecular flexibility index (Phi) is 2.82. The zero-order valence-corrected chi connectivity index (χ0v) is 8.70. The highest BCUT2D eigenvalue weighted by molar-refractivity contribution is 5.83. The minimum atomic E-state index is -0.911. The fourth-order valence-electron chi connectivity index (χ4n) is 1.50. The number of aliphatic hydroxyl groups is 1. The number of rotatable bonds is 3. The number of carbonyl (C=O) groups excluding carboxylic acids is 1. The van der Waals surface area contributed by atoms with Crippen molar-refractivity contribution in [1.82, 2.24) is 4.98 Å². The highest BCUT2D eigenvalue weighted by Crippen LogP contribution is 2.32. The van der Waals surface area contributed by atoms with Gasteiger partial charge in [0, 0.05) is 6.07 Å². The minimum Gasteiger partial charge on any atom is -0.495 e. The molecule has 1 atom stereocenters. The van der Waals surface area contributed by atoms with E-state index < -0.39 is 6.23 Å². The molecule has 0 aliphatic carbocycles. The van der Waals surface area contributed by atoms with E-state index in [1.54, 1.807) is 6.07 Å². The third kappa shape index (κ3) is 1.74. The summed E-state index contributed by atoms with van der Waals surface area (Å²) in [6.07, 6.45) is 2.68. The molecule has 2 rings (SSSR count). The summed E-state index contributed by atoms with van der Waals surface area (Å²) in [4.78, 5) is 20.1. The van der Waals surface area contributed by atoms with Crippen LogP contribution >= 0.6 is 0 Å². The van der Waals surface area contributed by atoms with E-state index in [0.29, 0.717) is 23.5 Å². The van der Waals surface area contributed by atoms with Gasteiger partial charge in [-0.1, -0.05) is 0 Å². The van der Waals surface area contributed by atoms with Crippen LogP contribution in [-0.4, -0.2) is 42.5 Å². The summed E-state index contributed by atoms with van der Waals surface area (Å²) in [5, 5.41) is 9.66. The quantitative estimate of drug-likeness (QED) is 0.734. The maximum absolute atomic E-state index is 10.5. The van der Waals surface area contributed by atoms with E-state index in [-0.39, 0.29) is 6.54 Å². The van der Waals surface area contributed by atoms with Crippen molar-refractivity contribution in [3.63, 3.8) is 0 Å². The van der Waals surface area contributed by atoms with Gasteiger partial charge < -0.3 is 19.5 Å². The van der Waals surface area contributed by atoms with E-state index >= 15 is 0 Å². The van der Waals surface area contributed by atoms with Crippen molar-refractivity contribution >= 4 is 24.0 Å². The number of anilines is 1. The van der Waals surface area contributed by atoms with E-state index in [1.165, 1.54) is 24.4 Å². The van der Waals surface area contributed by atoms with Crippen LogP contribution in [0.2, 0.25) is 0 Å². The van der Waals surface area contributed by atoms with Gasteiger partial charge in [0.1, 0.15) is 12.0 Å². The van der Waals surface area contributed by atoms with E-state index in [9.17, 15) is 9.90 Å². The molecule has 84 valence electrons. The Morgan fingerprint density at radius 1 is 1.69 bits per heavy atom. The summed E-state index contributed by atoms with van der Waals surface area (Å²) in [7, 11) is 1.52. The number of ether oxygens (including phenoxy) is 1. The Labute approximate surface area is 92.2 Å². The number of hydrogen-bond donors (Lipinski definition) is 1. The molecule has 0 saturated carbocycles. The van der Waals surface area contributed by atoms with Crippen LogP contribution in [0.5, 0.6) is 5.75 Å². The average Bonchev–Trinajstić information content (AvgIpc) is 2.32. The van der Waals surface area contributed by atoms with Gasteiger partial charge in [0.15, 0.2) is 12.0 Å². The third-order valence-electron chi connectivity index (χ3n) is 2.29. The molecule has 0 spiro atoms. The van der Waals surface area contributed by atoms with Crippen molar-refractivity contribution in [2.24, 2.45) is 4.99 Å². The first-order chi connectivity index (χ1) is 7.76. The number of pyridine rings is 1. The monoisotopic (exact) mass is 221 g/mol. The zero-order chi connectivity index (χ0) is 11.5. The van der Waals surface area contributed by atoms with Crippen LogP contribution in [0, 0.1) is 0 Å². The highest BCUT2D eigenvalue weighted by atomic mass is 16.5. The summed E-state index contributed by atoms with van der Waals surface area (Å²) in [5.74, 6) is 1.02. The standard InChI is InChI=1S/C10H11N3O3/c1-16-7-4-8-10(11-5-7)12-6-9(15)13(8)2-3-14/h3-6,9,15H,2H2,1H3. The molecule has 2 heterocycles. The normalized spacial score (nSPS) is 18.1. The summed E-state index contributed by atoms with van der Waals surface area (Å²) >= 11 is 0. The average molecular weight is 221 g/mol. The number of carbonyl (C=O) groups is 1. The summed E-state index contributed by atoms with van der Waals surface area (Å²) in [6, 6.07) is 1.69. The predicted octanol–water partition coefficient (Wildman–Crippen LogP) is 0.130. The molecule has 0 fully saturated rings. The van der Waals surface area contributed by atoms with Crippen LogP contribution < -0.4 is 9.64 Å². The number of hydrogen-bond acceptors (Lipinski definition) is 6. The molecule has 0 bridgehead atoms.